The minimum absolute atomic E-state index is 0.0580. The summed E-state index contributed by atoms with van der Waals surface area (Å²) in [5, 5.41) is 2.65. The van der Waals surface area contributed by atoms with Gasteiger partial charge in [-0.1, -0.05) is 26.0 Å². The summed E-state index contributed by atoms with van der Waals surface area (Å²) in [6, 6.07) is 12.6. The molecular formula is C21H26N2O5S. The number of rotatable bonds is 9. The Balaban J connectivity index is 1.90. The second-order valence-electron chi connectivity index (χ2n) is 6.63. The topological polar surface area (TPSA) is 102 Å². The van der Waals surface area contributed by atoms with Crippen molar-refractivity contribution in [1.29, 1.82) is 0 Å². The number of benzene rings is 2. The number of aryl methyl sites for hydroxylation is 1. The molecule has 0 aliphatic carbocycles. The van der Waals surface area contributed by atoms with Crippen LogP contribution in [0.3, 0.4) is 0 Å². The lowest BCUT2D eigenvalue weighted by molar-refractivity contribution is -0.119. The molecule has 156 valence electrons. The Morgan fingerprint density at radius 1 is 1.00 bits per heavy atom. The Morgan fingerprint density at radius 2 is 1.62 bits per heavy atom. The number of hydrogen-bond acceptors (Lipinski definition) is 5. The maximum absolute atomic E-state index is 12.2. The number of hydrogen-bond donors (Lipinski definition) is 2. The first-order valence-corrected chi connectivity index (χ1v) is 10.9. The minimum atomic E-state index is -3.65. The summed E-state index contributed by atoms with van der Waals surface area (Å²) in [5.41, 5.74) is 1.93. The van der Waals surface area contributed by atoms with E-state index in [0.717, 1.165) is 12.0 Å². The van der Waals surface area contributed by atoms with E-state index in [0.29, 0.717) is 12.1 Å². The molecule has 0 aliphatic heterocycles. The Kier molecular flexibility index (Phi) is 7.92. The van der Waals surface area contributed by atoms with Gasteiger partial charge >= 0.3 is 5.97 Å². The van der Waals surface area contributed by atoms with Crippen LogP contribution in [0.1, 0.15) is 43.1 Å². The predicted molar refractivity (Wildman–Crippen MR) is 111 cm³/mol. The molecule has 0 spiro atoms. The molecule has 2 aromatic carbocycles. The first kappa shape index (κ1) is 22.6. The zero-order valence-electron chi connectivity index (χ0n) is 16.8. The van der Waals surface area contributed by atoms with Crippen LogP contribution < -0.4 is 10.0 Å². The van der Waals surface area contributed by atoms with E-state index in [4.69, 9.17) is 4.74 Å². The second-order valence-corrected chi connectivity index (χ2v) is 8.34. The van der Waals surface area contributed by atoms with Gasteiger partial charge in [0.2, 0.25) is 10.0 Å². The molecule has 7 nitrogen and oxygen atoms in total. The SMILES string of the molecule is CCc1ccc(NC(=O)COC(=O)c2ccc(S(=O)(=O)NC(C)CC)cc2)cc1. The van der Waals surface area contributed by atoms with Gasteiger partial charge in [-0.05, 0) is 61.7 Å². The molecule has 1 unspecified atom stereocenters. The van der Waals surface area contributed by atoms with Gasteiger partial charge in [-0.25, -0.2) is 17.9 Å². The van der Waals surface area contributed by atoms with E-state index < -0.39 is 28.5 Å². The van der Waals surface area contributed by atoms with Crippen LogP contribution in [-0.4, -0.2) is 32.9 Å². The largest absolute Gasteiger partial charge is 0.452 e. The molecule has 8 heteroatoms. The normalized spacial score (nSPS) is 12.2. The third kappa shape index (κ3) is 6.69. The molecule has 0 saturated heterocycles. The van der Waals surface area contributed by atoms with Crippen LogP contribution in [-0.2, 0) is 26.0 Å². The third-order valence-corrected chi connectivity index (χ3v) is 5.95. The average molecular weight is 419 g/mol. The number of carbonyl (C=O) groups is 2. The molecule has 2 rings (SSSR count). The van der Waals surface area contributed by atoms with Crippen molar-refractivity contribution in [3.05, 3.63) is 59.7 Å². The Morgan fingerprint density at radius 3 is 2.17 bits per heavy atom. The maximum atomic E-state index is 12.2. The number of carbonyl (C=O) groups excluding carboxylic acids is 2. The van der Waals surface area contributed by atoms with Crippen LogP contribution in [0.5, 0.6) is 0 Å². The van der Waals surface area contributed by atoms with Crippen LogP contribution in [0.2, 0.25) is 0 Å². The summed E-state index contributed by atoms with van der Waals surface area (Å²) in [6.45, 7) is 5.25. The van der Waals surface area contributed by atoms with E-state index in [1.807, 2.05) is 26.0 Å². The fourth-order valence-corrected chi connectivity index (χ4v) is 3.75. The second kappa shape index (κ2) is 10.2. The molecule has 0 saturated carbocycles. The van der Waals surface area contributed by atoms with Gasteiger partial charge in [0.1, 0.15) is 0 Å². The highest BCUT2D eigenvalue weighted by Crippen LogP contribution is 2.13. The Hall–Kier alpha value is -2.71. The van der Waals surface area contributed by atoms with E-state index in [2.05, 4.69) is 10.0 Å². The predicted octanol–water partition coefficient (Wildman–Crippen LogP) is 3.12. The van der Waals surface area contributed by atoms with Crippen LogP contribution in [0.15, 0.2) is 53.4 Å². The van der Waals surface area contributed by atoms with Crippen molar-refractivity contribution in [1.82, 2.24) is 4.72 Å². The minimum Gasteiger partial charge on any atom is -0.452 e. The van der Waals surface area contributed by atoms with Crippen molar-refractivity contribution in [3.63, 3.8) is 0 Å². The molecule has 0 heterocycles. The molecule has 29 heavy (non-hydrogen) atoms. The van der Waals surface area contributed by atoms with Gasteiger partial charge in [0.05, 0.1) is 10.5 Å². The van der Waals surface area contributed by atoms with E-state index in [9.17, 15) is 18.0 Å². The molecule has 0 fully saturated rings. The van der Waals surface area contributed by atoms with Gasteiger partial charge in [0.25, 0.3) is 5.91 Å². The number of esters is 1. The lowest BCUT2D eigenvalue weighted by atomic mass is 10.1. The highest BCUT2D eigenvalue weighted by Gasteiger charge is 2.18. The average Bonchev–Trinajstić information content (AvgIpc) is 2.72. The van der Waals surface area contributed by atoms with Crippen molar-refractivity contribution in [2.45, 2.75) is 44.6 Å². The van der Waals surface area contributed by atoms with E-state index in [1.54, 1.807) is 19.1 Å². The van der Waals surface area contributed by atoms with Crippen molar-refractivity contribution in [3.8, 4) is 0 Å². The molecule has 2 N–H and O–H groups in total. The van der Waals surface area contributed by atoms with Gasteiger partial charge in [-0.3, -0.25) is 4.79 Å². The number of sulfonamides is 1. The summed E-state index contributed by atoms with van der Waals surface area (Å²) in [5.74, 6) is -1.17. The van der Waals surface area contributed by atoms with Crippen LogP contribution >= 0.6 is 0 Å². The zero-order valence-corrected chi connectivity index (χ0v) is 17.6. The Bertz CT molecular complexity index is 938. The van der Waals surface area contributed by atoms with Crippen LogP contribution in [0.4, 0.5) is 5.69 Å². The van der Waals surface area contributed by atoms with Gasteiger partial charge in [0.15, 0.2) is 6.61 Å². The third-order valence-electron chi connectivity index (χ3n) is 4.35. The highest BCUT2D eigenvalue weighted by molar-refractivity contribution is 7.89. The number of ether oxygens (including phenoxy) is 1. The van der Waals surface area contributed by atoms with Crippen LogP contribution in [0.25, 0.3) is 0 Å². The van der Waals surface area contributed by atoms with Crippen LogP contribution in [0, 0.1) is 0 Å². The quantitative estimate of drug-likeness (QED) is 0.609. The van der Waals surface area contributed by atoms with Gasteiger partial charge < -0.3 is 10.1 Å². The van der Waals surface area contributed by atoms with Crippen molar-refractivity contribution in [2.24, 2.45) is 0 Å². The smallest absolute Gasteiger partial charge is 0.338 e. The fourth-order valence-electron chi connectivity index (χ4n) is 2.42. The monoisotopic (exact) mass is 418 g/mol. The van der Waals surface area contributed by atoms with E-state index in [-0.39, 0.29) is 16.5 Å². The zero-order chi connectivity index (χ0) is 21.4. The Labute approximate surface area is 171 Å². The van der Waals surface area contributed by atoms with Gasteiger partial charge in [0, 0.05) is 11.7 Å². The number of nitrogens with one attached hydrogen (secondary N) is 2. The summed E-state index contributed by atoms with van der Waals surface area (Å²) in [4.78, 5) is 24.1. The molecule has 0 bridgehead atoms. The lowest BCUT2D eigenvalue weighted by Crippen LogP contribution is -2.32. The maximum Gasteiger partial charge on any atom is 0.338 e. The van der Waals surface area contributed by atoms with Gasteiger partial charge in [-0.15, -0.1) is 0 Å². The van der Waals surface area contributed by atoms with Crippen molar-refractivity contribution in [2.75, 3.05) is 11.9 Å². The molecule has 0 aliphatic rings. The molecular weight excluding hydrogens is 392 g/mol. The number of amides is 1. The summed E-state index contributed by atoms with van der Waals surface area (Å²) < 4.78 is 32.0. The highest BCUT2D eigenvalue weighted by atomic mass is 32.2. The van der Waals surface area contributed by atoms with Crippen molar-refractivity contribution >= 4 is 27.6 Å². The van der Waals surface area contributed by atoms with Gasteiger partial charge in [-0.2, -0.15) is 0 Å². The molecule has 1 amide bonds. The fraction of sp³-hybridized carbons (Fsp3) is 0.333. The molecule has 0 radical (unpaired) electrons. The van der Waals surface area contributed by atoms with E-state index in [1.165, 1.54) is 24.3 Å². The number of anilines is 1. The first-order valence-electron chi connectivity index (χ1n) is 9.43. The van der Waals surface area contributed by atoms with Crippen molar-refractivity contribution < 1.29 is 22.7 Å². The molecule has 1 atom stereocenters. The summed E-state index contributed by atoms with van der Waals surface area (Å²) >= 11 is 0. The lowest BCUT2D eigenvalue weighted by Gasteiger charge is -2.12. The summed E-state index contributed by atoms with van der Waals surface area (Å²) in [7, 11) is -3.65. The first-order chi connectivity index (χ1) is 13.7. The van der Waals surface area contributed by atoms with E-state index >= 15 is 0 Å². The molecule has 0 aromatic heterocycles. The summed E-state index contributed by atoms with van der Waals surface area (Å²) in [6.07, 6.45) is 1.56. The molecule has 2 aromatic rings. The standard InChI is InChI=1S/C21H26N2O5S/c1-4-15(3)23-29(26,27)19-12-8-17(9-13-19)21(25)28-14-20(24)22-18-10-6-16(5-2)7-11-18/h6-13,15,23H,4-5,14H2,1-3H3,(H,22,24).